The molecule has 0 bridgehead atoms. The molecule has 3 heterocycles. The van der Waals surface area contributed by atoms with E-state index in [0.29, 0.717) is 16.7 Å². The maximum absolute atomic E-state index is 12.4. The van der Waals surface area contributed by atoms with Crippen molar-refractivity contribution in [2.45, 2.75) is 31.9 Å². The number of nitrogens with zero attached hydrogens (tertiary/aromatic N) is 5. The lowest BCUT2D eigenvalue weighted by Crippen LogP contribution is -2.21. The lowest BCUT2D eigenvalue weighted by atomic mass is 10.3. The Kier molecular flexibility index (Phi) is 6.10. The van der Waals surface area contributed by atoms with Crippen molar-refractivity contribution >= 4 is 28.3 Å². The highest BCUT2D eigenvalue weighted by molar-refractivity contribution is 7.15. The summed E-state index contributed by atoms with van der Waals surface area (Å²) >= 11 is 1.43. The number of hydrogen-bond donors (Lipinski definition) is 2. The number of aliphatic carboxylic acids is 1. The van der Waals surface area contributed by atoms with Crippen LogP contribution in [0.25, 0.3) is 5.69 Å². The molecule has 3 aromatic rings. The SMILES string of the molecule is Cc1nccn1-c1ccnc(C(=O)Nc2nnc(C3CC3)s2)c1.O=C(O)C(F)(F)F. The van der Waals surface area contributed by atoms with Crippen molar-refractivity contribution in [2.24, 2.45) is 0 Å². The van der Waals surface area contributed by atoms with Gasteiger partial charge in [0.05, 0.1) is 5.69 Å². The number of aryl methyl sites for hydroxylation is 1. The average Bonchev–Trinajstić information content (AvgIpc) is 3.29. The van der Waals surface area contributed by atoms with E-state index in [9.17, 15) is 18.0 Å². The van der Waals surface area contributed by atoms with Crippen molar-refractivity contribution in [3.8, 4) is 5.69 Å². The summed E-state index contributed by atoms with van der Waals surface area (Å²) in [6.07, 6.45) is 2.42. The van der Waals surface area contributed by atoms with Crippen molar-refractivity contribution < 1.29 is 27.9 Å². The highest BCUT2D eigenvalue weighted by Gasteiger charge is 2.38. The number of anilines is 1. The summed E-state index contributed by atoms with van der Waals surface area (Å²) in [5.41, 5.74) is 1.18. The van der Waals surface area contributed by atoms with Gasteiger partial charge in [0, 0.05) is 24.5 Å². The molecule has 2 N–H and O–H groups in total. The van der Waals surface area contributed by atoms with Gasteiger partial charge in [-0.1, -0.05) is 11.3 Å². The van der Waals surface area contributed by atoms with Crippen LogP contribution in [0, 0.1) is 6.92 Å². The van der Waals surface area contributed by atoms with Crippen LogP contribution < -0.4 is 5.32 Å². The van der Waals surface area contributed by atoms with Gasteiger partial charge in [0.1, 0.15) is 16.5 Å². The molecule has 0 aliphatic heterocycles. The lowest BCUT2D eigenvalue weighted by Gasteiger charge is -2.06. The second kappa shape index (κ2) is 8.57. The van der Waals surface area contributed by atoms with Crippen molar-refractivity contribution in [1.82, 2.24) is 24.7 Å². The third-order valence-corrected chi connectivity index (χ3v) is 4.91. The molecule has 0 aromatic carbocycles. The summed E-state index contributed by atoms with van der Waals surface area (Å²) in [6, 6.07) is 3.56. The summed E-state index contributed by atoms with van der Waals surface area (Å²) in [4.78, 5) is 29.6. The zero-order valence-corrected chi connectivity index (χ0v) is 16.2. The van der Waals surface area contributed by atoms with Crippen LogP contribution in [0.5, 0.6) is 0 Å². The number of alkyl halides is 3. The minimum absolute atomic E-state index is 0.289. The highest BCUT2D eigenvalue weighted by Crippen LogP contribution is 2.42. The van der Waals surface area contributed by atoms with Gasteiger partial charge in [0.2, 0.25) is 5.13 Å². The van der Waals surface area contributed by atoms with Gasteiger partial charge >= 0.3 is 12.1 Å². The number of rotatable bonds is 4. The van der Waals surface area contributed by atoms with Crippen LogP contribution in [0.15, 0.2) is 30.7 Å². The number of carbonyl (C=O) groups is 2. The van der Waals surface area contributed by atoms with E-state index in [1.807, 2.05) is 23.8 Å². The Morgan fingerprint density at radius 1 is 1.23 bits per heavy atom. The number of pyridine rings is 1. The number of imidazole rings is 1. The van der Waals surface area contributed by atoms with Gasteiger partial charge in [0.25, 0.3) is 5.91 Å². The van der Waals surface area contributed by atoms with Crippen LogP contribution in [-0.2, 0) is 4.79 Å². The van der Waals surface area contributed by atoms with Crippen LogP contribution >= 0.6 is 11.3 Å². The number of carbonyl (C=O) groups excluding carboxylic acids is 1. The Labute approximate surface area is 171 Å². The highest BCUT2D eigenvalue weighted by atomic mass is 32.1. The maximum atomic E-state index is 12.4. The summed E-state index contributed by atoms with van der Waals surface area (Å²) < 4.78 is 33.6. The topological polar surface area (TPSA) is 123 Å². The van der Waals surface area contributed by atoms with Crippen LogP contribution in [0.3, 0.4) is 0 Å². The fraction of sp³-hybridized carbons (Fsp3) is 0.294. The summed E-state index contributed by atoms with van der Waals surface area (Å²) in [6.45, 7) is 1.90. The third kappa shape index (κ3) is 5.37. The fourth-order valence-electron chi connectivity index (χ4n) is 2.29. The molecule has 0 atom stereocenters. The molecule has 4 rings (SSSR count). The van der Waals surface area contributed by atoms with E-state index < -0.39 is 12.1 Å². The molecule has 1 aliphatic rings. The number of nitrogens with one attached hydrogen (secondary N) is 1. The number of carboxylic acid groups (broad SMARTS) is 1. The Morgan fingerprint density at radius 3 is 2.50 bits per heavy atom. The van der Waals surface area contributed by atoms with Gasteiger partial charge in [-0.2, -0.15) is 13.2 Å². The molecule has 9 nitrogen and oxygen atoms in total. The standard InChI is InChI=1S/C15H14N6OS.C2HF3O2/c1-9-16-6-7-21(9)11-4-5-17-12(8-11)13(22)18-15-20-19-14(23-15)10-2-3-10;3-2(4,5)1(6)7/h4-8,10H,2-3H2,1H3,(H,18,20,22);(H,6,7). The molecule has 0 saturated heterocycles. The fourth-order valence-corrected chi connectivity index (χ4v) is 3.19. The lowest BCUT2D eigenvalue weighted by molar-refractivity contribution is -0.192. The minimum atomic E-state index is -5.08. The number of carboxylic acids is 1. The number of halogens is 3. The van der Waals surface area contributed by atoms with Crippen molar-refractivity contribution in [3.63, 3.8) is 0 Å². The molecule has 1 aliphatic carbocycles. The molecule has 30 heavy (non-hydrogen) atoms. The molecular formula is C17H15F3N6O3S. The van der Waals surface area contributed by atoms with Gasteiger partial charge in [0.15, 0.2) is 0 Å². The average molecular weight is 440 g/mol. The third-order valence-electron chi connectivity index (χ3n) is 3.91. The molecular weight excluding hydrogens is 425 g/mol. The van der Waals surface area contributed by atoms with Crippen LogP contribution in [0.2, 0.25) is 0 Å². The van der Waals surface area contributed by atoms with Gasteiger partial charge in [-0.05, 0) is 31.9 Å². The van der Waals surface area contributed by atoms with Crippen LogP contribution in [0.4, 0.5) is 18.3 Å². The van der Waals surface area contributed by atoms with Crippen molar-refractivity contribution in [2.75, 3.05) is 5.32 Å². The predicted molar refractivity (Wildman–Crippen MR) is 99.6 cm³/mol. The summed E-state index contributed by atoms with van der Waals surface area (Å²) in [5.74, 6) is -1.67. The summed E-state index contributed by atoms with van der Waals surface area (Å²) in [7, 11) is 0. The van der Waals surface area contributed by atoms with E-state index in [2.05, 4.69) is 25.5 Å². The Hall–Kier alpha value is -3.35. The molecule has 3 aromatic heterocycles. The predicted octanol–water partition coefficient (Wildman–Crippen LogP) is 3.19. The number of amides is 1. The van der Waals surface area contributed by atoms with E-state index in [1.54, 1.807) is 18.5 Å². The van der Waals surface area contributed by atoms with E-state index in [1.165, 1.54) is 11.3 Å². The molecule has 0 radical (unpaired) electrons. The van der Waals surface area contributed by atoms with Gasteiger partial charge in [-0.25, -0.2) is 9.78 Å². The Morgan fingerprint density at radius 2 is 1.93 bits per heavy atom. The number of hydrogen-bond acceptors (Lipinski definition) is 7. The number of aromatic nitrogens is 5. The van der Waals surface area contributed by atoms with Crippen molar-refractivity contribution in [3.05, 3.63) is 47.2 Å². The van der Waals surface area contributed by atoms with E-state index >= 15 is 0 Å². The molecule has 158 valence electrons. The maximum Gasteiger partial charge on any atom is 0.490 e. The molecule has 13 heteroatoms. The normalized spacial score (nSPS) is 13.3. The smallest absolute Gasteiger partial charge is 0.475 e. The molecule has 0 unspecified atom stereocenters. The first-order chi connectivity index (χ1) is 14.1. The van der Waals surface area contributed by atoms with Gasteiger partial charge in [-0.3, -0.25) is 15.1 Å². The van der Waals surface area contributed by atoms with Gasteiger partial charge in [-0.15, -0.1) is 10.2 Å². The van der Waals surface area contributed by atoms with Crippen molar-refractivity contribution in [1.29, 1.82) is 0 Å². The van der Waals surface area contributed by atoms with E-state index in [4.69, 9.17) is 9.90 Å². The first-order valence-electron chi connectivity index (χ1n) is 8.56. The molecule has 1 saturated carbocycles. The quantitative estimate of drug-likeness (QED) is 0.639. The van der Waals surface area contributed by atoms with Crippen LogP contribution in [-0.4, -0.2) is 47.9 Å². The molecule has 1 amide bonds. The summed E-state index contributed by atoms with van der Waals surface area (Å²) in [5, 5.41) is 19.5. The second-order valence-corrected chi connectivity index (χ2v) is 7.23. The van der Waals surface area contributed by atoms with Gasteiger partial charge < -0.3 is 9.67 Å². The Bertz CT molecular complexity index is 1060. The van der Waals surface area contributed by atoms with E-state index in [-0.39, 0.29) is 5.91 Å². The Balaban J connectivity index is 0.000000318. The zero-order chi connectivity index (χ0) is 21.9. The first kappa shape index (κ1) is 21.4. The molecule has 0 spiro atoms. The largest absolute Gasteiger partial charge is 0.490 e. The second-order valence-electron chi connectivity index (χ2n) is 6.22. The zero-order valence-electron chi connectivity index (χ0n) is 15.4. The molecule has 1 fully saturated rings. The van der Waals surface area contributed by atoms with E-state index in [0.717, 1.165) is 29.4 Å². The van der Waals surface area contributed by atoms with Crippen LogP contribution in [0.1, 0.15) is 40.1 Å². The first-order valence-corrected chi connectivity index (χ1v) is 9.38. The minimum Gasteiger partial charge on any atom is -0.475 e. The monoisotopic (exact) mass is 440 g/mol.